The number of methoxy groups -OCH3 is 1. The van der Waals surface area contributed by atoms with Crippen molar-refractivity contribution in [1.82, 2.24) is 25.0 Å². The SMILES string of the molecule is COc1ccc([C@@H]2Nc3cc(F)cc4c(=O)[nH]nc(c34)[C@H]2c2ncnn2C)cc1. The molecule has 29 heavy (non-hydrogen) atoms. The Morgan fingerprint density at radius 3 is 2.69 bits per heavy atom. The van der Waals surface area contributed by atoms with Gasteiger partial charge in [-0.2, -0.15) is 10.2 Å². The molecule has 0 aliphatic carbocycles. The number of aromatic amines is 1. The Morgan fingerprint density at radius 1 is 1.21 bits per heavy atom. The molecule has 0 radical (unpaired) electrons. The zero-order valence-corrected chi connectivity index (χ0v) is 15.7. The summed E-state index contributed by atoms with van der Waals surface area (Å²) in [6.45, 7) is 0. The van der Waals surface area contributed by atoms with Crippen molar-refractivity contribution in [2.45, 2.75) is 12.0 Å². The van der Waals surface area contributed by atoms with Gasteiger partial charge in [0.05, 0.1) is 30.1 Å². The van der Waals surface area contributed by atoms with Crippen molar-refractivity contribution in [3.8, 4) is 5.75 Å². The minimum absolute atomic E-state index is 0.248. The smallest absolute Gasteiger partial charge is 0.272 e. The first kappa shape index (κ1) is 17.4. The highest BCUT2D eigenvalue weighted by Gasteiger charge is 2.37. The number of benzene rings is 2. The monoisotopic (exact) mass is 392 g/mol. The zero-order valence-electron chi connectivity index (χ0n) is 15.7. The number of rotatable bonds is 3. The van der Waals surface area contributed by atoms with E-state index < -0.39 is 11.4 Å². The molecule has 9 heteroatoms. The van der Waals surface area contributed by atoms with Gasteiger partial charge in [0, 0.05) is 18.1 Å². The summed E-state index contributed by atoms with van der Waals surface area (Å²) in [6, 6.07) is 9.91. The molecule has 4 aromatic rings. The van der Waals surface area contributed by atoms with Gasteiger partial charge in [-0.1, -0.05) is 12.1 Å². The lowest BCUT2D eigenvalue weighted by Crippen LogP contribution is -2.30. The predicted molar refractivity (Wildman–Crippen MR) is 105 cm³/mol. The van der Waals surface area contributed by atoms with Crippen LogP contribution in [0.25, 0.3) is 10.8 Å². The second kappa shape index (κ2) is 6.40. The molecule has 2 atom stereocenters. The maximum Gasteiger partial charge on any atom is 0.272 e. The Balaban J connectivity index is 1.79. The van der Waals surface area contributed by atoms with E-state index in [-0.39, 0.29) is 17.3 Å². The molecule has 8 nitrogen and oxygen atoms in total. The lowest BCUT2D eigenvalue weighted by atomic mass is 9.83. The van der Waals surface area contributed by atoms with Gasteiger partial charge in [0.2, 0.25) is 0 Å². The van der Waals surface area contributed by atoms with Crippen molar-refractivity contribution >= 4 is 16.5 Å². The van der Waals surface area contributed by atoms with Crippen molar-refractivity contribution in [2.75, 3.05) is 12.4 Å². The summed E-state index contributed by atoms with van der Waals surface area (Å²) in [7, 11) is 3.41. The first-order valence-corrected chi connectivity index (χ1v) is 9.03. The van der Waals surface area contributed by atoms with Crippen molar-refractivity contribution in [2.24, 2.45) is 7.05 Å². The zero-order chi connectivity index (χ0) is 20.1. The first-order valence-electron chi connectivity index (χ1n) is 9.03. The van der Waals surface area contributed by atoms with Crippen LogP contribution in [0.2, 0.25) is 0 Å². The van der Waals surface area contributed by atoms with Crippen molar-refractivity contribution in [3.05, 3.63) is 76.0 Å². The minimum atomic E-state index is -0.492. The molecule has 2 aromatic heterocycles. The van der Waals surface area contributed by atoms with Gasteiger partial charge in [0.1, 0.15) is 23.7 Å². The second-order valence-electron chi connectivity index (χ2n) is 6.93. The van der Waals surface area contributed by atoms with Gasteiger partial charge in [0.15, 0.2) is 0 Å². The molecular weight excluding hydrogens is 375 g/mol. The second-order valence-corrected chi connectivity index (χ2v) is 6.93. The standard InChI is InChI=1S/C20H17FN6O2/c1-27-19(22-9-23-27)16-17(10-3-5-12(29-2)6-4-10)24-14-8-11(21)7-13-15(14)18(16)25-26-20(13)28/h3-9,16-17,24H,1-2H3,(H,26,28)/t16-,17-/m0/s1. The average Bonchev–Trinajstić information content (AvgIpc) is 3.15. The normalized spacial score (nSPS) is 17.9. The number of nitrogens with one attached hydrogen (secondary N) is 2. The molecule has 0 bridgehead atoms. The minimum Gasteiger partial charge on any atom is -0.497 e. The van der Waals surface area contributed by atoms with Crippen LogP contribution in [-0.2, 0) is 7.05 Å². The van der Waals surface area contributed by atoms with Crippen LogP contribution >= 0.6 is 0 Å². The lowest BCUT2D eigenvalue weighted by molar-refractivity contribution is 0.414. The summed E-state index contributed by atoms with van der Waals surface area (Å²) in [6.07, 6.45) is 1.48. The van der Waals surface area contributed by atoms with E-state index in [9.17, 15) is 9.18 Å². The van der Waals surface area contributed by atoms with Gasteiger partial charge in [0.25, 0.3) is 5.56 Å². The molecule has 1 aliphatic rings. The molecule has 146 valence electrons. The topological polar surface area (TPSA) is 97.7 Å². The Kier molecular flexibility index (Phi) is 3.83. The number of halogens is 1. The summed E-state index contributed by atoms with van der Waals surface area (Å²) < 4.78 is 21.2. The Bertz CT molecular complexity index is 1280. The van der Waals surface area contributed by atoms with E-state index in [1.807, 2.05) is 24.3 Å². The third-order valence-electron chi connectivity index (χ3n) is 5.32. The van der Waals surface area contributed by atoms with E-state index in [2.05, 4.69) is 25.6 Å². The Morgan fingerprint density at radius 2 is 2.00 bits per heavy atom. The third kappa shape index (κ3) is 2.65. The Hall–Kier alpha value is -3.75. The predicted octanol–water partition coefficient (Wildman–Crippen LogP) is 2.50. The van der Waals surface area contributed by atoms with Crippen LogP contribution in [0.1, 0.15) is 29.0 Å². The number of hydrogen-bond donors (Lipinski definition) is 2. The fourth-order valence-electron chi connectivity index (χ4n) is 3.98. The van der Waals surface area contributed by atoms with Crippen LogP contribution in [-0.4, -0.2) is 32.1 Å². The molecule has 0 fully saturated rings. The number of aromatic nitrogens is 5. The van der Waals surface area contributed by atoms with Crippen LogP contribution in [0.4, 0.5) is 10.1 Å². The fraction of sp³-hybridized carbons (Fsp3) is 0.200. The van der Waals surface area contributed by atoms with E-state index in [1.165, 1.54) is 18.5 Å². The van der Waals surface area contributed by atoms with Gasteiger partial charge in [-0.15, -0.1) is 0 Å². The van der Waals surface area contributed by atoms with E-state index in [4.69, 9.17) is 4.74 Å². The number of nitrogens with zero attached hydrogens (tertiary/aromatic N) is 4. The molecule has 0 unspecified atom stereocenters. The molecule has 3 heterocycles. The van der Waals surface area contributed by atoms with Crippen LogP contribution < -0.4 is 15.6 Å². The molecule has 2 aromatic carbocycles. The van der Waals surface area contributed by atoms with Gasteiger partial charge < -0.3 is 10.1 Å². The van der Waals surface area contributed by atoms with Crippen molar-refractivity contribution < 1.29 is 9.13 Å². The van der Waals surface area contributed by atoms with E-state index in [1.54, 1.807) is 18.8 Å². The molecule has 0 spiro atoms. The lowest BCUT2D eigenvalue weighted by Gasteiger charge is -2.33. The first-order chi connectivity index (χ1) is 14.1. The largest absolute Gasteiger partial charge is 0.497 e. The number of H-pyrrole nitrogens is 1. The van der Waals surface area contributed by atoms with Gasteiger partial charge in [-0.05, 0) is 29.8 Å². The maximum atomic E-state index is 14.2. The van der Waals surface area contributed by atoms with Crippen molar-refractivity contribution in [3.63, 3.8) is 0 Å². The highest BCUT2D eigenvalue weighted by molar-refractivity contribution is 5.97. The van der Waals surface area contributed by atoms with Gasteiger partial charge >= 0.3 is 0 Å². The molecule has 0 saturated heterocycles. The number of anilines is 1. The summed E-state index contributed by atoms with van der Waals surface area (Å²) in [4.78, 5) is 16.7. The number of hydrogen-bond acceptors (Lipinski definition) is 6. The summed E-state index contributed by atoms with van der Waals surface area (Å²) in [5.41, 5.74) is 1.64. The average molecular weight is 392 g/mol. The summed E-state index contributed by atoms with van der Waals surface area (Å²) >= 11 is 0. The molecule has 5 rings (SSSR count). The van der Waals surface area contributed by atoms with Crippen LogP contribution in [0, 0.1) is 5.82 Å². The van der Waals surface area contributed by atoms with Crippen LogP contribution in [0.15, 0.2) is 47.5 Å². The fourth-order valence-corrected chi connectivity index (χ4v) is 3.98. The third-order valence-corrected chi connectivity index (χ3v) is 5.32. The van der Waals surface area contributed by atoms with Crippen LogP contribution in [0.3, 0.4) is 0 Å². The molecule has 0 amide bonds. The van der Waals surface area contributed by atoms with Gasteiger partial charge in [-0.25, -0.2) is 14.5 Å². The van der Waals surface area contributed by atoms with Crippen LogP contribution in [0.5, 0.6) is 5.75 Å². The summed E-state index contributed by atoms with van der Waals surface area (Å²) in [5, 5.41) is 15.3. The van der Waals surface area contributed by atoms with Gasteiger partial charge in [-0.3, -0.25) is 9.48 Å². The highest BCUT2D eigenvalue weighted by Crippen LogP contribution is 2.45. The Labute approximate surface area is 164 Å². The summed E-state index contributed by atoms with van der Waals surface area (Å²) in [5.74, 6) is 0.561. The highest BCUT2D eigenvalue weighted by atomic mass is 19.1. The molecular formula is C20H17FN6O2. The van der Waals surface area contributed by atoms with E-state index in [0.29, 0.717) is 22.6 Å². The van der Waals surface area contributed by atoms with Crippen molar-refractivity contribution in [1.29, 1.82) is 0 Å². The van der Waals surface area contributed by atoms with E-state index >= 15 is 0 Å². The maximum absolute atomic E-state index is 14.2. The number of ether oxygens (including phenoxy) is 1. The molecule has 1 aliphatic heterocycles. The van der Waals surface area contributed by atoms with E-state index in [0.717, 1.165) is 11.3 Å². The number of aryl methyl sites for hydroxylation is 1. The molecule has 2 N–H and O–H groups in total. The quantitative estimate of drug-likeness (QED) is 0.556. The molecule has 0 saturated carbocycles.